The molecule has 20 heavy (non-hydrogen) atoms. The number of piperidine rings is 1. The summed E-state index contributed by atoms with van der Waals surface area (Å²) in [5.74, 6) is 0.770. The second kappa shape index (κ2) is 8.22. The van der Waals surface area contributed by atoms with Crippen LogP contribution in [0.1, 0.15) is 37.4 Å². The predicted molar refractivity (Wildman–Crippen MR) is 82.2 cm³/mol. The number of ether oxygens (including phenoxy) is 1. The lowest BCUT2D eigenvalue weighted by molar-refractivity contribution is 0.180. The summed E-state index contributed by atoms with van der Waals surface area (Å²) in [7, 11) is 1.96. The molecule has 1 aliphatic rings. The lowest BCUT2D eigenvalue weighted by atomic mass is 10.1. The molecule has 0 atom stereocenters. The smallest absolute Gasteiger partial charge is 0.213 e. The minimum atomic E-state index is 0.735. The number of aromatic nitrogens is 1. The first kappa shape index (κ1) is 15.3. The van der Waals surface area contributed by atoms with Crippen LogP contribution < -0.4 is 10.1 Å². The Morgan fingerprint density at radius 3 is 2.75 bits per heavy atom. The summed E-state index contributed by atoms with van der Waals surface area (Å²) >= 11 is 0. The minimum Gasteiger partial charge on any atom is -0.476 e. The van der Waals surface area contributed by atoms with Crippen LogP contribution in [0.3, 0.4) is 0 Å². The second-order valence-corrected chi connectivity index (χ2v) is 5.44. The van der Waals surface area contributed by atoms with Gasteiger partial charge in [0.2, 0.25) is 5.88 Å². The molecule has 2 rings (SSSR count). The largest absolute Gasteiger partial charge is 0.476 e. The first-order valence-electron chi connectivity index (χ1n) is 7.81. The van der Waals surface area contributed by atoms with Gasteiger partial charge in [-0.25, -0.2) is 4.98 Å². The summed E-state index contributed by atoms with van der Waals surface area (Å²) in [4.78, 5) is 7.04. The molecule has 1 aromatic rings. The van der Waals surface area contributed by atoms with Gasteiger partial charge in [0.15, 0.2) is 0 Å². The van der Waals surface area contributed by atoms with E-state index in [9.17, 15) is 0 Å². The van der Waals surface area contributed by atoms with Crippen LogP contribution in [0.5, 0.6) is 5.88 Å². The zero-order chi connectivity index (χ0) is 14.2. The van der Waals surface area contributed by atoms with E-state index in [1.807, 2.05) is 13.1 Å². The van der Waals surface area contributed by atoms with Gasteiger partial charge in [0, 0.05) is 24.8 Å². The Morgan fingerprint density at radius 1 is 1.25 bits per heavy atom. The number of rotatable bonds is 7. The standard InChI is InChI=1S/C16H27N3O/c1-3-15-11-14(13-17-2)12-16(18-15)20-10-9-19-7-5-4-6-8-19/h11-12,17H,3-10,13H2,1-2H3. The molecule has 112 valence electrons. The molecule has 0 aliphatic carbocycles. The number of nitrogens with one attached hydrogen (secondary N) is 1. The summed E-state index contributed by atoms with van der Waals surface area (Å²) in [6, 6.07) is 4.19. The van der Waals surface area contributed by atoms with E-state index in [1.54, 1.807) is 0 Å². The Hall–Kier alpha value is -1.13. The molecular weight excluding hydrogens is 250 g/mol. The molecule has 0 bridgehead atoms. The first-order chi connectivity index (χ1) is 9.81. The molecule has 1 N–H and O–H groups in total. The quantitative estimate of drug-likeness (QED) is 0.829. The van der Waals surface area contributed by atoms with E-state index in [2.05, 4.69) is 28.2 Å². The molecule has 0 amide bonds. The predicted octanol–water partition coefficient (Wildman–Crippen LogP) is 2.23. The maximum Gasteiger partial charge on any atom is 0.213 e. The Bertz CT molecular complexity index is 403. The summed E-state index contributed by atoms with van der Waals surface area (Å²) in [5, 5.41) is 3.18. The van der Waals surface area contributed by atoms with E-state index in [-0.39, 0.29) is 0 Å². The summed E-state index contributed by atoms with van der Waals surface area (Å²) in [6.07, 6.45) is 4.98. The molecule has 1 saturated heterocycles. The SMILES string of the molecule is CCc1cc(CNC)cc(OCCN2CCCCC2)n1. The summed E-state index contributed by atoms with van der Waals surface area (Å²) in [6.45, 7) is 7.17. The molecule has 0 saturated carbocycles. The van der Waals surface area contributed by atoms with Crippen molar-refractivity contribution in [3.05, 3.63) is 23.4 Å². The van der Waals surface area contributed by atoms with Crippen LogP contribution in [-0.4, -0.2) is 43.2 Å². The van der Waals surface area contributed by atoms with Crippen molar-refractivity contribution in [3.63, 3.8) is 0 Å². The average molecular weight is 277 g/mol. The van der Waals surface area contributed by atoms with Crippen molar-refractivity contribution >= 4 is 0 Å². The van der Waals surface area contributed by atoms with Crippen LogP contribution in [0.4, 0.5) is 0 Å². The highest BCUT2D eigenvalue weighted by Crippen LogP contribution is 2.14. The van der Waals surface area contributed by atoms with E-state index in [0.717, 1.165) is 37.7 Å². The van der Waals surface area contributed by atoms with E-state index in [0.29, 0.717) is 0 Å². The highest BCUT2D eigenvalue weighted by Gasteiger charge is 2.10. The molecule has 1 fully saturated rings. The summed E-state index contributed by atoms with van der Waals surface area (Å²) < 4.78 is 5.86. The Kier molecular flexibility index (Phi) is 6.27. The highest BCUT2D eigenvalue weighted by atomic mass is 16.5. The molecule has 1 aromatic heterocycles. The molecule has 0 spiro atoms. The van der Waals surface area contributed by atoms with Crippen molar-refractivity contribution in [1.82, 2.24) is 15.2 Å². The van der Waals surface area contributed by atoms with Gasteiger partial charge < -0.3 is 10.1 Å². The lowest BCUT2D eigenvalue weighted by Gasteiger charge is -2.26. The number of hydrogen-bond acceptors (Lipinski definition) is 4. The van der Waals surface area contributed by atoms with E-state index >= 15 is 0 Å². The Labute approximate surface area is 122 Å². The van der Waals surface area contributed by atoms with Crippen molar-refractivity contribution in [3.8, 4) is 5.88 Å². The van der Waals surface area contributed by atoms with Gasteiger partial charge in [0.1, 0.15) is 6.61 Å². The van der Waals surface area contributed by atoms with Gasteiger partial charge in [-0.15, -0.1) is 0 Å². The first-order valence-corrected chi connectivity index (χ1v) is 7.81. The molecule has 4 nitrogen and oxygen atoms in total. The molecule has 1 aliphatic heterocycles. The van der Waals surface area contributed by atoms with Crippen molar-refractivity contribution in [1.29, 1.82) is 0 Å². The summed E-state index contributed by atoms with van der Waals surface area (Å²) in [5.41, 5.74) is 2.35. The lowest BCUT2D eigenvalue weighted by Crippen LogP contribution is -2.33. The fraction of sp³-hybridized carbons (Fsp3) is 0.688. The number of aryl methyl sites for hydroxylation is 1. The maximum atomic E-state index is 5.86. The van der Waals surface area contributed by atoms with Crippen molar-refractivity contribution in [2.45, 2.75) is 39.2 Å². The van der Waals surface area contributed by atoms with Gasteiger partial charge in [-0.05, 0) is 51.0 Å². The third kappa shape index (κ3) is 4.76. The molecular formula is C16H27N3O. The van der Waals surface area contributed by atoms with Crippen molar-refractivity contribution in [2.75, 3.05) is 33.3 Å². The zero-order valence-corrected chi connectivity index (χ0v) is 12.8. The van der Waals surface area contributed by atoms with Gasteiger partial charge >= 0.3 is 0 Å². The van der Waals surface area contributed by atoms with Gasteiger partial charge in [0.25, 0.3) is 0 Å². The van der Waals surface area contributed by atoms with Crippen LogP contribution in [0.15, 0.2) is 12.1 Å². The number of hydrogen-bond donors (Lipinski definition) is 1. The zero-order valence-electron chi connectivity index (χ0n) is 12.8. The average Bonchev–Trinajstić information content (AvgIpc) is 2.48. The van der Waals surface area contributed by atoms with Crippen LogP contribution >= 0.6 is 0 Å². The Balaban J connectivity index is 1.85. The highest BCUT2D eigenvalue weighted by molar-refractivity contribution is 5.25. The van der Waals surface area contributed by atoms with Gasteiger partial charge in [-0.2, -0.15) is 0 Å². The molecule has 4 heteroatoms. The van der Waals surface area contributed by atoms with Crippen LogP contribution in [0.2, 0.25) is 0 Å². The fourth-order valence-corrected chi connectivity index (χ4v) is 2.64. The number of likely N-dealkylation sites (tertiary alicyclic amines) is 1. The Morgan fingerprint density at radius 2 is 2.05 bits per heavy atom. The molecule has 0 radical (unpaired) electrons. The third-order valence-corrected chi connectivity index (χ3v) is 3.76. The molecule has 0 unspecified atom stereocenters. The number of nitrogens with zero attached hydrogens (tertiary/aromatic N) is 2. The minimum absolute atomic E-state index is 0.735. The molecule has 0 aromatic carbocycles. The van der Waals surface area contributed by atoms with Crippen LogP contribution in [-0.2, 0) is 13.0 Å². The van der Waals surface area contributed by atoms with E-state index < -0.39 is 0 Å². The maximum absolute atomic E-state index is 5.86. The third-order valence-electron chi connectivity index (χ3n) is 3.76. The normalized spacial score (nSPS) is 16.3. The fourth-order valence-electron chi connectivity index (χ4n) is 2.64. The van der Waals surface area contributed by atoms with Gasteiger partial charge in [0.05, 0.1) is 0 Å². The van der Waals surface area contributed by atoms with Crippen molar-refractivity contribution in [2.24, 2.45) is 0 Å². The van der Waals surface area contributed by atoms with E-state index in [1.165, 1.54) is 37.9 Å². The monoisotopic (exact) mass is 277 g/mol. The molecule has 2 heterocycles. The topological polar surface area (TPSA) is 37.4 Å². The van der Waals surface area contributed by atoms with Gasteiger partial charge in [-0.1, -0.05) is 13.3 Å². The number of pyridine rings is 1. The van der Waals surface area contributed by atoms with Crippen molar-refractivity contribution < 1.29 is 4.74 Å². The van der Waals surface area contributed by atoms with E-state index in [4.69, 9.17) is 4.74 Å². The van der Waals surface area contributed by atoms with Gasteiger partial charge in [-0.3, -0.25) is 4.90 Å². The van der Waals surface area contributed by atoms with Crippen LogP contribution in [0, 0.1) is 0 Å². The second-order valence-electron chi connectivity index (χ2n) is 5.44. The van der Waals surface area contributed by atoms with Crippen LogP contribution in [0.25, 0.3) is 0 Å².